The minimum Gasteiger partial charge on any atom is -0.490 e. The molecule has 0 saturated carbocycles. The summed E-state index contributed by atoms with van der Waals surface area (Å²) < 4.78 is 5.47. The fourth-order valence-electron chi connectivity index (χ4n) is 2.84. The zero-order valence-electron chi connectivity index (χ0n) is 12.2. The molecule has 0 spiro atoms. The van der Waals surface area contributed by atoms with Crippen molar-refractivity contribution in [3.05, 3.63) is 36.2 Å². The van der Waals surface area contributed by atoms with E-state index in [1.165, 1.54) is 11.9 Å². The molecule has 0 amide bonds. The van der Waals surface area contributed by atoms with Crippen molar-refractivity contribution in [2.45, 2.75) is 25.8 Å². The van der Waals surface area contributed by atoms with Crippen LogP contribution in [0, 0.1) is 0 Å². The van der Waals surface area contributed by atoms with E-state index in [1.807, 2.05) is 6.07 Å². The van der Waals surface area contributed by atoms with Crippen LogP contribution in [0.4, 0.5) is 17.3 Å². The first-order valence-electron chi connectivity index (χ1n) is 6.99. The van der Waals surface area contributed by atoms with Gasteiger partial charge in [0.25, 0.3) is 0 Å². The fraction of sp³-hybridized carbons (Fsp3) is 0.333. The van der Waals surface area contributed by atoms with Crippen LogP contribution in [0.1, 0.15) is 18.9 Å². The fourth-order valence-corrected chi connectivity index (χ4v) is 2.84. The molecule has 2 heterocycles. The van der Waals surface area contributed by atoms with Gasteiger partial charge in [-0.1, -0.05) is 18.2 Å². The minimum atomic E-state index is 0.328. The Hall–Kier alpha value is -2.34. The number of benzene rings is 1. The topological polar surface area (TPSA) is 76.3 Å². The SMILES string of the molecule is COc1c(NN)ncnc1N1c2ccccc2CCC1C. The van der Waals surface area contributed by atoms with Crippen LogP contribution in [0.3, 0.4) is 0 Å². The molecule has 1 aliphatic rings. The van der Waals surface area contributed by atoms with Gasteiger partial charge in [0, 0.05) is 11.7 Å². The number of hydrogen-bond acceptors (Lipinski definition) is 6. The molecule has 0 fully saturated rings. The number of nitrogens with zero attached hydrogens (tertiary/aromatic N) is 3. The lowest BCUT2D eigenvalue weighted by Gasteiger charge is -2.36. The number of para-hydroxylation sites is 1. The van der Waals surface area contributed by atoms with Crippen LogP contribution in [0.25, 0.3) is 0 Å². The van der Waals surface area contributed by atoms with Crippen LogP contribution in [-0.4, -0.2) is 23.1 Å². The van der Waals surface area contributed by atoms with Gasteiger partial charge < -0.3 is 15.1 Å². The standard InChI is InChI=1S/C15H19N5O/c1-10-7-8-11-5-3-4-6-12(11)20(10)15-13(21-2)14(19-16)17-9-18-15/h3-6,9-10H,7-8,16H2,1-2H3,(H,17,18,19). The first-order chi connectivity index (χ1) is 10.3. The van der Waals surface area contributed by atoms with E-state index >= 15 is 0 Å². The molecule has 6 heteroatoms. The molecule has 0 bridgehead atoms. The normalized spacial score (nSPS) is 17.3. The molecule has 6 nitrogen and oxygen atoms in total. The Bertz CT molecular complexity index is 646. The van der Waals surface area contributed by atoms with E-state index in [-0.39, 0.29) is 0 Å². The summed E-state index contributed by atoms with van der Waals surface area (Å²) in [7, 11) is 1.60. The second kappa shape index (κ2) is 5.57. The van der Waals surface area contributed by atoms with Crippen molar-refractivity contribution in [1.82, 2.24) is 9.97 Å². The molecular weight excluding hydrogens is 266 g/mol. The van der Waals surface area contributed by atoms with E-state index in [0.29, 0.717) is 17.6 Å². The molecule has 0 radical (unpaired) electrons. The summed E-state index contributed by atoms with van der Waals surface area (Å²) in [5.74, 6) is 7.29. The number of aromatic nitrogens is 2. The molecule has 3 rings (SSSR count). The average molecular weight is 285 g/mol. The van der Waals surface area contributed by atoms with Crippen LogP contribution in [-0.2, 0) is 6.42 Å². The number of hydrazine groups is 1. The molecule has 1 unspecified atom stereocenters. The summed E-state index contributed by atoms with van der Waals surface area (Å²) in [6.45, 7) is 2.19. The van der Waals surface area contributed by atoms with E-state index in [4.69, 9.17) is 10.6 Å². The Balaban J connectivity index is 2.16. The van der Waals surface area contributed by atoms with Crippen molar-refractivity contribution >= 4 is 17.3 Å². The number of ether oxygens (including phenoxy) is 1. The maximum atomic E-state index is 5.52. The van der Waals surface area contributed by atoms with Crippen LogP contribution in [0.5, 0.6) is 5.75 Å². The molecule has 3 N–H and O–H groups in total. The maximum absolute atomic E-state index is 5.52. The lowest BCUT2D eigenvalue weighted by Crippen LogP contribution is -2.34. The monoisotopic (exact) mass is 285 g/mol. The van der Waals surface area contributed by atoms with Gasteiger partial charge in [0.15, 0.2) is 11.6 Å². The molecule has 21 heavy (non-hydrogen) atoms. The third-order valence-corrected chi connectivity index (χ3v) is 3.88. The van der Waals surface area contributed by atoms with Crippen molar-refractivity contribution in [2.75, 3.05) is 17.4 Å². The number of fused-ring (bicyclic) bond motifs is 1. The van der Waals surface area contributed by atoms with Gasteiger partial charge in [0.05, 0.1) is 7.11 Å². The summed E-state index contributed by atoms with van der Waals surface area (Å²) in [5, 5.41) is 0. The van der Waals surface area contributed by atoms with Gasteiger partial charge in [-0.3, -0.25) is 0 Å². The predicted molar refractivity (Wildman–Crippen MR) is 82.8 cm³/mol. The number of anilines is 3. The molecule has 1 aromatic heterocycles. The third-order valence-electron chi connectivity index (χ3n) is 3.88. The lowest BCUT2D eigenvalue weighted by molar-refractivity contribution is 0.411. The number of nitrogen functional groups attached to an aromatic ring is 1. The first kappa shape index (κ1) is 13.6. The average Bonchev–Trinajstić information content (AvgIpc) is 2.54. The highest BCUT2D eigenvalue weighted by atomic mass is 16.5. The Labute approximate surface area is 123 Å². The molecule has 0 aliphatic carbocycles. The van der Waals surface area contributed by atoms with Crippen LogP contribution in [0.2, 0.25) is 0 Å². The zero-order chi connectivity index (χ0) is 14.8. The Morgan fingerprint density at radius 2 is 2.14 bits per heavy atom. The number of aryl methyl sites for hydroxylation is 1. The number of methoxy groups -OCH3 is 1. The Kier molecular flexibility index (Phi) is 3.62. The van der Waals surface area contributed by atoms with Gasteiger partial charge in [-0.05, 0) is 31.4 Å². The van der Waals surface area contributed by atoms with Crippen LogP contribution >= 0.6 is 0 Å². The van der Waals surface area contributed by atoms with Crippen molar-refractivity contribution < 1.29 is 4.74 Å². The maximum Gasteiger partial charge on any atom is 0.206 e. The van der Waals surface area contributed by atoms with Gasteiger partial charge >= 0.3 is 0 Å². The molecule has 1 atom stereocenters. The zero-order valence-corrected chi connectivity index (χ0v) is 12.2. The van der Waals surface area contributed by atoms with E-state index in [0.717, 1.165) is 24.3 Å². The van der Waals surface area contributed by atoms with Crippen molar-refractivity contribution in [2.24, 2.45) is 5.84 Å². The summed E-state index contributed by atoms with van der Waals surface area (Å²) in [4.78, 5) is 10.7. The number of hydrogen-bond donors (Lipinski definition) is 2. The molecular formula is C15H19N5O. The number of nitrogens with one attached hydrogen (secondary N) is 1. The predicted octanol–water partition coefficient (Wildman–Crippen LogP) is 2.24. The van der Waals surface area contributed by atoms with Gasteiger partial charge in [-0.2, -0.15) is 0 Å². The van der Waals surface area contributed by atoms with Crippen molar-refractivity contribution in [3.63, 3.8) is 0 Å². The van der Waals surface area contributed by atoms with E-state index in [1.54, 1.807) is 7.11 Å². The Morgan fingerprint density at radius 1 is 1.33 bits per heavy atom. The van der Waals surface area contributed by atoms with Crippen molar-refractivity contribution in [1.29, 1.82) is 0 Å². The van der Waals surface area contributed by atoms with E-state index in [2.05, 4.69) is 45.4 Å². The highest BCUT2D eigenvalue weighted by Gasteiger charge is 2.28. The number of nitrogens with two attached hydrogens (primary N) is 1. The molecule has 1 aliphatic heterocycles. The van der Waals surface area contributed by atoms with Gasteiger partial charge in [-0.15, -0.1) is 0 Å². The minimum absolute atomic E-state index is 0.328. The largest absolute Gasteiger partial charge is 0.490 e. The van der Waals surface area contributed by atoms with Crippen molar-refractivity contribution in [3.8, 4) is 5.75 Å². The first-order valence-corrected chi connectivity index (χ1v) is 6.99. The lowest BCUT2D eigenvalue weighted by atomic mass is 9.96. The summed E-state index contributed by atoms with van der Waals surface area (Å²) >= 11 is 0. The molecule has 2 aromatic rings. The van der Waals surface area contributed by atoms with Crippen LogP contribution in [0.15, 0.2) is 30.6 Å². The van der Waals surface area contributed by atoms with Gasteiger partial charge in [-0.25, -0.2) is 15.8 Å². The highest BCUT2D eigenvalue weighted by Crippen LogP contribution is 2.41. The molecule has 0 saturated heterocycles. The smallest absolute Gasteiger partial charge is 0.206 e. The van der Waals surface area contributed by atoms with E-state index in [9.17, 15) is 0 Å². The summed E-state index contributed by atoms with van der Waals surface area (Å²) in [6, 6.07) is 8.71. The second-order valence-corrected chi connectivity index (χ2v) is 5.11. The Morgan fingerprint density at radius 3 is 2.90 bits per heavy atom. The van der Waals surface area contributed by atoms with Gasteiger partial charge in [0.1, 0.15) is 6.33 Å². The summed E-state index contributed by atoms with van der Waals surface area (Å²) in [6.07, 6.45) is 3.63. The molecule has 1 aromatic carbocycles. The molecule has 110 valence electrons. The second-order valence-electron chi connectivity index (χ2n) is 5.11. The van der Waals surface area contributed by atoms with E-state index < -0.39 is 0 Å². The van der Waals surface area contributed by atoms with Crippen LogP contribution < -0.4 is 20.9 Å². The number of rotatable bonds is 3. The third kappa shape index (κ3) is 2.27. The summed E-state index contributed by atoms with van der Waals surface area (Å²) in [5.41, 5.74) is 5.04. The quantitative estimate of drug-likeness (QED) is 0.665. The van der Waals surface area contributed by atoms with Gasteiger partial charge in [0.2, 0.25) is 5.75 Å². The highest BCUT2D eigenvalue weighted by molar-refractivity contribution is 5.74.